The molecule has 1 aliphatic rings. The minimum atomic E-state index is -0.938. The number of carbonyl (C=O) groups excluding carboxylic acids is 1. The summed E-state index contributed by atoms with van der Waals surface area (Å²) in [6.07, 6.45) is 0.596. The number of para-hydroxylation sites is 1. The van der Waals surface area contributed by atoms with E-state index in [9.17, 15) is 9.90 Å². The second kappa shape index (κ2) is 5.56. The van der Waals surface area contributed by atoms with Crippen molar-refractivity contribution in [2.24, 2.45) is 0 Å². The molecule has 1 atom stereocenters. The Kier molecular flexibility index (Phi) is 4.14. The predicted molar refractivity (Wildman–Crippen MR) is 81.9 cm³/mol. The van der Waals surface area contributed by atoms with Crippen molar-refractivity contribution in [3.8, 4) is 0 Å². The first-order valence-electron chi connectivity index (χ1n) is 7.22. The maximum absolute atomic E-state index is 12.0. The number of aliphatic hydroxyl groups is 1. The number of hydrogen-bond acceptors (Lipinski definition) is 4. The molecule has 5 heteroatoms. The molecule has 0 saturated carbocycles. The van der Waals surface area contributed by atoms with Gasteiger partial charge in [-0.05, 0) is 38.8 Å². The lowest BCUT2D eigenvalue weighted by Gasteiger charge is -2.26. The minimum Gasteiger partial charge on any atom is -0.444 e. The summed E-state index contributed by atoms with van der Waals surface area (Å²) in [5.41, 5.74) is 6.03. The first kappa shape index (κ1) is 15.6. The number of hydrogen-bond donors (Lipinski definition) is 2. The molecule has 0 radical (unpaired) electrons. The van der Waals surface area contributed by atoms with Crippen LogP contribution in [0.25, 0.3) is 0 Å². The van der Waals surface area contributed by atoms with E-state index in [1.54, 1.807) is 4.90 Å². The van der Waals surface area contributed by atoms with Crippen molar-refractivity contribution in [3.05, 3.63) is 29.8 Å². The SMILES string of the molecule is CC(C)(C)OC(=O)N1CCC(O)(Cc2ccccc2N)C1. The van der Waals surface area contributed by atoms with Gasteiger partial charge in [0.1, 0.15) is 5.60 Å². The van der Waals surface area contributed by atoms with E-state index in [0.717, 1.165) is 5.56 Å². The summed E-state index contributed by atoms with van der Waals surface area (Å²) >= 11 is 0. The van der Waals surface area contributed by atoms with Gasteiger partial charge in [-0.3, -0.25) is 0 Å². The summed E-state index contributed by atoms with van der Waals surface area (Å²) in [5, 5.41) is 10.7. The Labute approximate surface area is 125 Å². The van der Waals surface area contributed by atoms with E-state index in [-0.39, 0.29) is 12.6 Å². The molecule has 1 heterocycles. The van der Waals surface area contributed by atoms with Gasteiger partial charge < -0.3 is 20.5 Å². The summed E-state index contributed by atoms with van der Waals surface area (Å²) < 4.78 is 5.34. The van der Waals surface area contributed by atoms with Gasteiger partial charge in [0.15, 0.2) is 0 Å². The van der Waals surface area contributed by atoms with E-state index in [2.05, 4.69) is 0 Å². The second-order valence-electron chi connectivity index (χ2n) is 6.75. The zero-order valence-electron chi connectivity index (χ0n) is 12.9. The van der Waals surface area contributed by atoms with Crippen LogP contribution < -0.4 is 5.73 Å². The Balaban J connectivity index is 2.00. The number of carbonyl (C=O) groups is 1. The summed E-state index contributed by atoms with van der Waals surface area (Å²) in [7, 11) is 0. The third-order valence-electron chi connectivity index (χ3n) is 3.56. The Morgan fingerprint density at radius 2 is 2.10 bits per heavy atom. The van der Waals surface area contributed by atoms with Crippen molar-refractivity contribution >= 4 is 11.8 Å². The maximum Gasteiger partial charge on any atom is 0.410 e. The maximum atomic E-state index is 12.0. The van der Waals surface area contributed by atoms with Crippen LogP contribution in [-0.2, 0) is 11.2 Å². The molecular weight excluding hydrogens is 268 g/mol. The highest BCUT2D eigenvalue weighted by atomic mass is 16.6. The van der Waals surface area contributed by atoms with Crippen LogP contribution >= 0.6 is 0 Å². The van der Waals surface area contributed by atoms with Crippen molar-refractivity contribution in [2.45, 2.75) is 44.8 Å². The van der Waals surface area contributed by atoms with Crippen molar-refractivity contribution in [1.29, 1.82) is 0 Å². The van der Waals surface area contributed by atoms with Crippen molar-refractivity contribution in [1.82, 2.24) is 4.90 Å². The van der Waals surface area contributed by atoms with Gasteiger partial charge in [0.05, 0.1) is 12.1 Å². The van der Waals surface area contributed by atoms with Gasteiger partial charge in [0, 0.05) is 18.7 Å². The lowest BCUT2D eigenvalue weighted by molar-refractivity contribution is 0.0153. The summed E-state index contributed by atoms with van der Waals surface area (Å²) in [6, 6.07) is 7.49. The summed E-state index contributed by atoms with van der Waals surface area (Å²) in [5.74, 6) is 0. The third-order valence-corrected chi connectivity index (χ3v) is 3.56. The topological polar surface area (TPSA) is 75.8 Å². The van der Waals surface area contributed by atoms with E-state index in [0.29, 0.717) is 25.1 Å². The molecule has 1 fully saturated rings. The number of benzene rings is 1. The number of β-amino-alcohol motifs (C(OH)–C–C–N with tert-alkyl or cyclic N) is 1. The van der Waals surface area contributed by atoms with Gasteiger partial charge in [-0.1, -0.05) is 18.2 Å². The molecule has 5 nitrogen and oxygen atoms in total. The van der Waals surface area contributed by atoms with Gasteiger partial charge in [0.2, 0.25) is 0 Å². The summed E-state index contributed by atoms with van der Waals surface area (Å²) in [4.78, 5) is 13.6. The minimum absolute atomic E-state index is 0.274. The van der Waals surface area contributed by atoms with Crippen LogP contribution in [0.5, 0.6) is 0 Å². The third kappa shape index (κ3) is 4.11. The van der Waals surface area contributed by atoms with Gasteiger partial charge in [-0.15, -0.1) is 0 Å². The number of anilines is 1. The van der Waals surface area contributed by atoms with E-state index in [1.807, 2.05) is 45.0 Å². The van der Waals surface area contributed by atoms with Crippen LogP contribution in [0.4, 0.5) is 10.5 Å². The van der Waals surface area contributed by atoms with Gasteiger partial charge >= 0.3 is 6.09 Å². The van der Waals surface area contributed by atoms with E-state index in [1.165, 1.54) is 0 Å². The lowest BCUT2D eigenvalue weighted by Crippen LogP contribution is -2.40. The fourth-order valence-electron chi connectivity index (χ4n) is 2.53. The normalized spacial score (nSPS) is 22.4. The molecule has 0 aliphatic carbocycles. The van der Waals surface area contributed by atoms with E-state index >= 15 is 0 Å². The second-order valence-corrected chi connectivity index (χ2v) is 6.75. The lowest BCUT2D eigenvalue weighted by atomic mass is 9.93. The van der Waals surface area contributed by atoms with Crippen LogP contribution in [0, 0.1) is 0 Å². The Morgan fingerprint density at radius 1 is 1.43 bits per heavy atom. The Hall–Kier alpha value is -1.75. The molecule has 1 aliphatic heterocycles. The van der Waals surface area contributed by atoms with E-state index < -0.39 is 11.2 Å². The molecule has 116 valence electrons. The van der Waals surface area contributed by atoms with Crippen LogP contribution in [-0.4, -0.2) is 40.4 Å². The standard InChI is InChI=1S/C16H24N2O3/c1-15(2,3)21-14(19)18-9-8-16(20,11-18)10-12-6-4-5-7-13(12)17/h4-7,20H,8-11,17H2,1-3H3. The molecule has 0 bridgehead atoms. The highest BCUT2D eigenvalue weighted by Crippen LogP contribution is 2.28. The molecule has 3 N–H and O–H groups in total. The highest BCUT2D eigenvalue weighted by molar-refractivity contribution is 5.68. The number of amides is 1. The van der Waals surface area contributed by atoms with Gasteiger partial charge in [0.25, 0.3) is 0 Å². The first-order valence-corrected chi connectivity index (χ1v) is 7.22. The Morgan fingerprint density at radius 3 is 2.71 bits per heavy atom. The molecule has 1 aromatic carbocycles. The first-order chi connectivity index (χ1) is 9.69. The molecule has 1 aromatic rings. The van der Waals surface area contributed by atoms with Crippen molar-refractivity contribution < 1.29 is 14.6 Å². The average molecular weight is 292 g/mol. The monoisotopic (exact) mass is 292 g/mol. The number of nitrogens with zero attached hydrogens (tertiary/aromatic N) is 1. The molecule has 2 rings (SSSR count). The molecule has 21 heavy (non-hydrogen) atoms. The van der Waals surface area contributed by atoms with Crippen LogP contribution in [0.2, 0.25) is 0 Å². The van der Waals surface area contributed by atoms with Crippen LogP contribution in [0.1, 0.15) is 32.8 Å². The predicted octanol–water partition coefficient (Wildman–Crippen LogP) is 2.18. The Bertz CT molecular complexity index is 524. The smallest absolute Gasteiger partial charge is 0.410 e. The molecule has 0 spiro atoms. The van der Waals surface area contributed by atoms with Gasteiger partial charge in [-0.2, -0.15) is 0 Å². The number of rotatable bonds is 2. The molecule has 1 saturated heterocycles. The quantitative estimate of drug-likeness (QED) is 0.819. The number of likely N-dealkylation sites (tertiary alicyclic amines) is 1. The fourth-order valence-corrected chi connectivity index (χ4v) is 2.53. The largest absolute Gasteiger partial charge is 0.444 e. The zero-order valence-corrected chi connectivity index (χ0v) is 12.9. The van der Waals surface area contributed by atoms with Crippen LogP contribution in [0.15, 0.2) is 24.3 Å². The number of ether oxygens (including phenoxy) is 1. The van der Waals surface area contributed by atoms with E-state index in [4.69, 9.17) is 10.5 Å². The molecular formula is C16H24N2O3. The highest BCUT2D eigenvalue weighted by Gasteiger charge is 2.40. The molecule has 1 unspecified atom stereocenters. The van der Waals surface area contributed by atoms with Crippen molar-refractivity contribution in [3.63, 3.8) is 0 Å². The summed E-state index contributed by atoms with van der Waals surface area (Å²) in [6.45, 7) is 6.27. The van der Waals surface area contributed by atoms with Crippen LogP contribution in [0.3, 0.4) is 0 Å². The zero-order chi connectivity index (χ0) is 15.7. The van der Waals surface area contributed by atoms with Crippen molar-refractivity contribution in [2.75, 3.05) is 18.8 Å². The molecule has 1 amide bonds. The molecule has 0 aromatic heterocycles. The van der Waals surface area contributed by atoms with Gasteiger partial charge in [-0.25, -0.2) is 4.79 Å². The fraction of sp³-hybridized carbons (Fsp3) is 0.562. The number of nitrogens with two attached hydrogens (primary N) is 1. The average Bonchev–Trinajstić information content (AvgIpc) is 2.73. The number of nitrogen functional groups attached to an aromatic ring is 1.